The number of ether oxygens (including phenoxy) is 6. The first kappa shape index (κ1) is 27.2. The lowest BCUT2D eigenvalue weighted by Gasteiger charge is -2.09. The maximum atomic E-state index is 9.40. The molecule has 2 aromatic carbocycles. The SMILES string of the molecule is Oc1cccc(OCCOCCOCc2cccc(COCCOCCOc3cccc(O)c3)n2)c1. The minimum Gasteiger partial charge on any atom is -0.508 e. The quantitative estimate of drug-likeness (QED) is 0.253. The van der Waals surface area contributed by atoms with E-state index in [9.17, 15) is 10.2 Å². The lowest BCUT2D eigenvalue weighted by atomic mass is 10.3. The molecule has 0 saturated heterocycles. The number of aromatic hydroxyl groups is 2. The molecule has 3 rings (SSSR count). The van der Waals surface area contributed by atoms with Gasteiger partial charge in [0.2, 0.25) is 0 Å². The first-order valence-electron chi connectivity index (χ1n) is 11.8. The number of pyridine rings is 1. The summed E-state index contributed by atoms with van der Waals surface area (Å²) in [5.74, 6) is 1.55. The lowest BCUT2D eigenvalue weighted by Crippen LogP contribution is -2.11. The number of hydrogen-bond acceptors (Lipinski definition) is 9. The Morgan fingerprint density at radius 2 is 0.917 bits per heavy atom. The molecule has 0 saturated carbocycles. The highest BCUT2D eigenvalue weighted by Crippen LogP contribution is 2.18. The van der Waals surface area contributed by atoms with Crippen LogP contribution in [-0.2, 0) is 32.2 Å². The van der Waals surface area contributed by atoms with Gasteiger partial charge in [0.1, 0.15) is 36.2 Å². The number of aromatic nitrogens is 1. The van der Waals surface area contributed by atoms with Crippen molar-refractivity contribution in [3.05, 3.63) is 78.1 Å². The van der Waals surface area contributed by atoms with Gasteiger partial charge < -0.3 is 38.6 Å². The van der Waals surface area contributed by atoms with Gasteiger partial charge in [-0.1, -0.05) is 18.2 Å². The van der Waals surface area contributed by atoms with Gasteiger partial charge in [0.15, 0.2) is 0 Å². The van der Waals surface area contributed by atoms with Crippen molar-refractivity contribution in [3.63, 3.8) is 0 Å². The van der Waals surface area contributed by atoms with Crippen molar-refractivity contribution in [2.75, 3.05) is 52.9 Å². The number of rotatable bonds is 18. The van der Waals surface area contributed by atoms with Gasteiger partial charge in [0.25, 0.3) is 0 Å². The smallest absolute Gasteiger partial charge is 0.123 e. The number of hydrogen-bond donors (Lipinski definition) is 2. The van der Waals surface area contributed by atoms with Gasteiger partial charge in [-0.05, 0) is 36.4 Å². The van der Waals surface area contributed by atoms with Gasteiger partial charge in [0.05, 0.1) is 64.2 Å². The third-order valence-electron chi connectivity index (χ3n) is 4.74. The minimum absolute atomic E-state index is 0.171. The van der Waals surface area contributed by atoms with Crippen LogP contribution < -0.4 is 9.47 Å². The summed E-state index contributed by atoms with van der Waals surface area (Å²) in [4.78, 5) is 4.54. The van der Waals surface area contributed by atoms with Crippen molar-refractivity contribution >= 4 is 0 Å². The van der Waals surface area contributed by atoms with E-state index in [1.807, 2.05) is 18.2 Å². The Kier molecular flexibility index (Phi) is 12.3. The van der Waals surface area contributed by atoms with E-state index >= 15 is 0 Å². The van der Waals surface area contributed by atoms with E-state index in [4.69, 9.17) is 28.4 Å². The molecule has 2 N–H and O–H groups in total. The van der Waals surface area contributed by atoms with Crippen molar-refractivity contribution in [1.82, 2.24) is 4.98 Å². The highest BCUT2D eigenvalue weighted by Gasteiger charge is 2.01. The van der Waals surface area contributed by atoms with Crippen LogP contribution in [0, 0.1) is 0 Å². The third kappa shape index (κ3) is 11.4. The van der Waals surface area contributed by atoms with E-state index in [0.717, 1.165) is 11.4 Å². The van der Waals surface area contributed by atoms with Gasteiger partial charge in [-0.15, -0.1) is 0 Å². The van der Waals surface area contributed by atoms with E-state index < -0.39 is 0 Å². The summed E-state index contributed by atoms with van der Waals surface area (Å²) < 4.78 is 33.2. The van der Waals surface area contributed by atoms with Crippen molar-refractivity contribution in [2.45, 2.75) is 13.2 Å². The van der Waals surface area contributed by atoms with Crippen LogP contribution in [0.15, 0.2) is 66.7 Å². The Hall–Kier alpha value is -3.37. The zero-order chi connectivity index (χ0) is 25.3. The second-order valence-electron chi connectivity index (χ2n) is 7.64. The summed E-state index contributed by atoms with van der Waals surface area (Å²) >= 11 is 0. The monoisotopic (exact) mass is 499 g/mol. The van der Waals surface area contributed by atoms with E-state index in [1.54, 1.807) is 48.5 Å². The van der Waals surface area contributed by atoms with Gasteiger partial charge in [0, 0.05) is 12.1 Å². The van der Waals surface area contributed by atoms with Crippen LogP contribution >= 0.6 is 0 Å². The van der Waals surface area contributed by atoms with Crippen LogP contribution in [0.1, 0.15) is 11.4 Å². The Bertz CT molecular complexity index is 940. The van der Waals surface area contributed by atoms with Gasteiger partial charge >= 0.3 is 0 Å². The van der Waals surface area contributed by atoms with Crippen LogP contribution in [0.2, 0.25) is 0 Å². The molecule has 0 atom stereocenters. The minimum atomic E-state index is 0.171. The van der Waals surface area contributed by atoms with Crippen molar-refractivity contribution in [2.24, 2.45) is 0 Å². The zero-order valence-electron chi connectivity index (χ0n) is 20.2. The molecule has 0 radical (unpaired) electrons. The van der Waals surface area contributed by atoms with Crippen LogP contribution in [-0.4, -0.2) is 68.1 Å². The third-order valence-corrected chi connectivity index (χ3v) is 4.74. The molecule has 9 nitrogen and oxygen atoms in total. The maximum Gasteiger partial charge on any atom is 0.123 e. The molecule has 194 valence electrons. The largest absolute Gasteiger partial charge is 0.508 e. The fourth-order valence-corrected chi connectivity index (χ4v) is 3.07. The Morgan fingerprint density at radius 3 is 1.39 bits per heavy atom. The van der Waals surface area contributed by atoms with Crippen LogP contribution in [0.25, 0.3) is 0 Å². The molecule has 3 aromatic rings. The normalized spacial score (nSPS) is 10.9. The topological polar surface area (TPSA) is 109 Å². The molecule has 1 aromatic heterocycles. The molecule has 0 aliphatic heterocycles. The predicted molar refractivity (Wildman–Crippen MR) is 132 cm³/mol. The number of nitrogens with zero attached hydrogens (tertiary/aromatic N) is 1. The summed E-state index contributed by atoms with van der Waals surface area (Å²) in [6.07, 6.45) is 0. The first-order chi connectivity index (χ1) is 17.7. The highest BCUT2D eigenvalue weighted by atomic mass is 16.5. The van der Waals surface area contributed by atoms with E-state index in [0.29, 0.717) is 77.6 Å². The summed E-state index contributed by atoms with van der Waals surface area (Å²) in [5.41, 5.74) is 1.65. The fourth-order valence-electron chi connectivity index (χ4n) is 3.07. The van der Waals surface area contributed by atoms with E-state index in [1.165, 1.54) is 0 Å². The van der Waals surface area contributed by atoms with Crippen LogP contribution in [0.4, 0.5) is 0 Å². The summed E-state index contributed by atoms with van der Waals surface area (Å²) in [6, 6.07) is 19.0. The molecule has 0 aliphatic rings. The number of phenolic OH excluding ortho intramolecular Hbond substituents is 2. The molecular formula is C27H33NO8. The van der Waals surface area contributed by atoms with Crippen molar-refractivity contribution in [3.8, 4) is 23.0 Å². The average Bonchev–Trinajstić information content (AvgIpc) is 2.87. The van der Waals surface area contributed by atoms with Gasteiger partial charge in [-0.2, -0.15) is 0 Å². The molecule has 36 heavy (non-hydrogen) atoms. The van der Waals surface area contributed by atoms with Crippen molar-refractivity contribution < 1.29 is 38.6 Å². The fraction of sp³-hybridized carbons (Fsp3) is 0.370. The molecule has 0 spiro atoms. The molecule has 0 unspecified atom stereocenters. The van der Waals surface area contributed by atoms with Crippen LogP contribution in [0.3, 0.4) is 0 Å². The molecule has 0 aliphatic carbocycles. The Morgan fingerprint density at radius 1 is 0.500 bits per heavy atom. The van der Waals surface area contributed by atoms with Crippen molar-refractivity contribution in [1.29, 1.82) is 0 Å². The average molecular weight is 500 g/mol. The van der Waals surface area contributed by atoms with Gasteiger partial charge in [-0.3, -0.25) is 4.98 Å². The molecule has 1 heterocycles. The standard InChI is InChI=1S/C27H33NO8/c29-24-6-2-8-26(18-24)35-16-14-31-10-12-33-20-22-4-1-5-23(28-22)21-34-13-11-32-15-17-36-27-9-3-7-25(30)19-27/h1-9,18-19,29-30H,10-17,20-21H2. The van der Waals surface area contributed by atoms with Crippen LogP contribution in [0.5, 0.6) is 23.0 Å². The highest BCUT2D eigenvalue weighted by molar-refractivity contribution is 5.32. The molecule has 0 fully saturated rings. The Labute approximate surface area is 211 Å². The molecule has 9 heteroatoms. The first-order valence-corrected chi connectivity index (χ1v) is 11.8. The lowest BCUT2D eigenvalue weighted by molar-refractivity contribution is 0.0270. The molecular weight excluding hydrogens is 466 g/mol. The summed E-state index contributed by atoms with van der Waals surface area (Å²) in [7, 11) is 0. The molecule has 0 bridgehead atoms. The van der Waals surface area contributed by atoms with Gasteiger partial charge in [-0.25, -0.2) is 0 Å². The second-order valence-corrected chi connectivity index (χ2v) is 7.64. The zero-order valence-corrected chi connectivity index (χ0v) is 20.2. The van der Waals surface area contributed by atoms with E-state index in [2.05, 4.69) is 4.98 Å². The Balaban J connectivity index is 1.16. The van der Waals surface area contributed by atoms with E-state index in [-0.39, 0.29) is 11.5 Å². The number of benzene rings is 2. The maximum absolute atomic E-state index is 9.40. The number of phenols is 2. The summed E-state index contributed by atoms with van der Waals surface area (Å²) in [5, 5.41) is 18.8. The summed E-state index contributed by atoms with van der Waals surface area (Å²) in [6.45, 7) is 4.21. The predicted octanol–water partition coefficient (Wildman–Crippen LogP) is 3.72. The molecule has 0 amide bonds. The second kappa shape index (κ2) is 16.3.